The third kappa shape index (κ3) is 4.05. The van der Waals surface area contributed by atoms with E-state index in [2.05, 4.69) is 18.8 Å². The number of fused-ring (bicyclic) bond motifs is 2. The molecule has 4 aromatic rings. The molecule has 3 heterocycles. The van der Waals surface area contributed by atoms with Crippen LogP contribution in [0, 0.1) is 19.8 Å². The van der Waals surface area contributed by atoms with E-state index in [4.69, 9.17) is 13.9 Å². The monoisotopic (exact) mass is 504 g/mol. The molecule has 8 heteroatoms. The number of para-hydroxylation sites is 1. The van der Waals surface area contributed by atoms with Gasteiger partial charge < -0.3 is 13.9 Å². The quantitative estimate of drug-likeness (QED) is 0.305. The number of methoxy groups -OCH3 is 1. The van der Waals surface area contributed by atoms with E-state index in [0.29, 0.717) is 51.3 Å². The smallest absolute Gasteiger partial charge is 0.297 e. The predicted octanol–water partition coefficient (Wildman–Crippen LogP) is 6.05. The van der Waals surface area contributed by atoms with Gasteiger partial charge in [-0.3, -0.25) is 14.5 Å². The molecule has 186 valence electrons. The van der Waals surface area contributed by atoms with Crippen LogP contribution in [0.25, 0.3) is 11.0 Å². The molecule has 0 N–H and O–H groups in total. The van der Waals surface area contributed by atoms with E-state index in [0.717, 1.165) is 17.0 Å². The molecule has 1 atom stereocenters. The minimum Gasteiger partial charge on any atom is -0.493 e. The van der Waals surface area contributed by atoms with Crippen LogP contribution in [0.2, 0.25) is 0 Å². The van der Waals surface area contributed by atoms with Crippen molar-refractivity contribution in [1.29, 1.82) is 0 Å². The Morgan fingerprint density at radius 3 is 2.58 bits per heavy atom. The molecule has 1 aliphatic rings. The number of aryl methyl sites for hydroxylation is 2. The second kappa shape index (κ2) is 9.43. The third-order valence-corrected chi connectivity index (χ3v) is 7.53. The highest BCUT2D eigenvalue weighted by atomic mass is 32.1. The second-order valence-electron chi connectivity index (χ2n) is 9.33. The number of hydrogen-bond donors (Lipinski definition) is 0. The number of ether oxygens (including phenoxy) is 2. The molecule has 7 nitrogen and oxygen atoms in total. The van der Waals surface area contributed by atoms with Crippen LogP contribution in [0.5, 0.6) is 11.5 Å². The molecule has 0 bridgehead atoms. The van der Waals surface area contributed by atoms with Gasteiger partial charge in [-0.25, -0.2) is 4.98 Å². The maximum absolute atomic E-state index is 13.7. The standard InChI is InChI=1S/C28H28N2O5S/c1-15(2)12-13-34-21-11-10-18(14-22(21)33-5)24-23-25(31)19-8-6-7-9-20(19)35-26(23)27(32)30(24)28-29-16(3)17(4)36-28/h6-11,14-15,24H,12-13H2,1-5H3/t24-/m1/s1. The van der Waals surface area contributed by atoms with Crippen molar-refractivity contribution in [2.24, 2.45) is 5.92 Å². The summed E-state index contributed by atoms with van der Waals surface area (Å²) >= 11 is 1.42. The van der Waals surface area contributed by atoms with Crippen LogP contribution in [0.3, 0.4) is 0 Å². The van der Waals surface area contributed by atoms with Crippen LogP contribution in [-0.2, 0) is 0 Å². The van der Waals surface area contributed by atoms with Gasteiger partial charge in [-0.2, -0.15) is 0 Å². The van der Waals surface area contributed by atoms with Gasteiger partial charge >= 0.3 is 0 Å². The normalized spacial score (nSPS) is 15.1. The Morgan fingerprint density at radius 1 is 1.11 bits per heavy atom. The van der Waals surface area contributed by atoms with Gasteiger partial charge in [-0.05, 0) is 56.0 Å². The van der Waals surface area contributed by atoms with Gasteiger partial charge in [0, 0.05) is 4.88 Å². The molecule has 1 amide bonds. The first-order valence-electron chi connectivity index (χ1n) is 11.9. The third-order valence-electron chi connectivity index (χ3n) is 6.46. The summed E-state index contributed by atoms with van der Waals surface area (Å²) in [5.74, 6) is 1.33. The Kier molecular flexibility index (Phi) is 6.30. The summed E-state index contributed by atoms with van der Waals surface area (Å²) in [5.41, 5.74) is 2.01. The Hall–Kier alpha value is -3.65. The van der Waals surface area contributed by atoms with E-state index in [1.807, 2.05) is 32.0 Å². The first kappa shape index (κ1) is 24.1. The van der Waals surface area contributed by atoms with Gasteiger partial charge in [-0.15, -0.1) is 11.3 Å². The van der Waals surface area contributed by atoms with E-state index >= 15 is 0 Å². The molecule has 0 unspecified atom stereocenters. The van der Waals surface area contributed by atoms with Crippen molar-refractivity contribution in [2.45, 2.75) is 40.2 Å². The van der Waals surface area contributed by atoms with Crippen LogP contribution < -0.4 is 19.8 Å². The maximum Gasteiger partial charge on any atom is 0.297 e. The average Bonchev–Trinajstić information content (AvgIpc) is 3.34. The number of anilines is 1. The zero-order valence-corrected chi connectivity index (χ0v) is 21.8. The highest BCUT2D eigenvalue weighted by Gasteiger charge is 2.45. The van der Waals surface area contributed by atoms with Crippen LogP contribution in [0.15, 0.2) is 51.7 Å². The number of carbonyl (C=O) groups excluding carboxylic acids is 1. The van der Waals surface area contributed by atoms with Crippen molar-refractivity contribution in [3.05, 3.63) is 80.1 Å². The number of thiazole rings is 1. The van der Waals surface area contributed by atoms with Crippen LogP contribution in [0.1, 0.15) is 58.6 Å². The number of benzene rings is 2. The first-order valence-corrected chi connectivity index (χ1v) is 12.8. The highest BCUT2D eigenvalue weighted by Crippen LogP contribution is 2.44. The molecule has 0 radical (unpaired) electrons. The lowest BCUT2D eigenvalue weighted by Gasteiger charge is -2.23. The Balaban J connectivity index is 1.68. The van der Waals surface area contributed by atoms with Crippen molar-refractivity contribution in [2.75, 3.05) is 18.6 Å². The highest BCUT2D eigenvalue weighted by molar-refractivity contribution is 7.15. The summed E-state index contributed by atoms with van der Waals surface area (Å²) in [6.45, 7) is 8.72. The predicted molar refractivity (Wildman–Crippen MR) is 141 cm³/mol. The summed E-state index contributed by atoms with van der Waals surface area (Å²) in [5, 5.41) is 0.953. The molecule has 0 spiro atoms. The molecule has 0 fully saturated rings. The topological polar surface area (TPSA) is 81.9 Å². The summed E-state index contributed by atoms with van der Waals surface area (Å²) in [6, 6.07) is 11.8. The van der Waals surface area contributed by atoms with Gasteiger partial charge in [-0.1, -0.05) is 32.0 Å². The van der Waals surface area contributed by atoms with Gasteiger partial charge in [0.15, 0.2) is 22.1 Å². The molecule has 36 heavy (non-hydrogen) atoms. The van der Waals surface area contributed by atoms with Crippen molar-refractivity contribution in [1.82, 2.24) is 4.98 Å². The van der Waals surface area contributed by atoms with Crippen LogP contribution in [-0.4, -0.2) is 24.6 Å². The van der Waals surface area contributed by atoms with E-state index < -0.39 is 6.04 Å². The Morgan fingerprint density at radius 2 is 1.89 bits per heavy atom. The molecule has 5 rings (SSSR count). The fourth-order valence-corrected chi connectivity index (χ4v) is 5.31. The van der Waals surface area contributed by atoms with Gasteiger partial charge in [0.25, 0.3) is 5.91 Å². The van der Waals surface area contributed by atoms with E-state index in [1.54, 1.807) is 36.3 Å². The lowest BCUT2D eigenvalue weighted by molar-refractivity contribution is 0.0971. The van der Waals surface area contributed by atoms with Crippen LogP contribution >= 0.6 is 11.3 Å². The summed E-state index contributed by atoms with van der Waals surface area (Å²) in [4.78, 5) is 34.6. The van der Waals surface area contributed by atoms with Crippen molar-refractivity contribution in [3.63, 3.8) is 0 Å². The van der Waals surface area contributed by atoms with Gasteiger partial charge in [0.2, 0.25) is 5.76 Å². The summed E-state index contributed by atoms with van der Waals surface area (Å²) in [6.07, 6.45) is 0.917. The Bertz CT molecular complexity index is 1500. The number of hydrogen-bond acceptors (Lipinski definition) is 7. The number of rotatable bonds is 7. The number of amides is 1. The molecule has 0 saturated heterocycles. The number of nitrogens with zero attached hydrogens (tertiary/aromatic N) is 2. The lowest BCUT2D eigenvalue weighted by Crippen LogP contribution is -2.29. The molecule has 0 aliphatic carbocycles. The van der Waals surface area contributed by atoms with Crippen molar-refractivity contribution in [3.8, 4) is 11.5 Å². The largest absolute Gasteiger partial charge is 0.493 e. The maximum atomic E-state index is 13.7. The number of carbonyl (C=O) groups is 1. The summed E-state index contributed by atoms with van der Waals surface area (Å²) < 4.78 is 17.6. The van der Waals surface area contributed by atoms with Gasteiger partial charge in [0.05, 0.1) is 36.4 Å². The first-order chi connectivity index (χ1) is 17.3. The minimum absolute atomic E-state index is 0.0467. The van der Waals surface area contributed by atoms with E-state index in [-0.39, 0.29) is 17.1 Å². The zero-order chi connectivity index (χ0) is 25.6. The molecule has 1 aliphatic heterocycles. The second-order valence-corrected chi connectivity index (χ2v) is 10.5. The lowest BCUT2D eigenvalue weighted by atomic mass is 9.98. The molecule has 2 aromatic heterocycles. The molecular formula is C28H28N2O5S. The molecule has 0 saturated carbocycles. The van der Waals surface area contributed by atoms with Crippen LogP contribution in [0.4, 0.5) is 5.13 Å². The molecular weight excluding hydrogens is 476 g/mol. The van der Waals surface area contributed by atoms with E-state index in [1.165, 1.54) is 11.3 Å². The van der Waals surface area contributed by atoms with Crippen molar-refractivity contribution >= 4 is 33.3 Å². The van der Waals surface area contributed by atoms with E-state index in [9.17, 15) is 9.59 Å². The Labute approximate surface area is 213 Å². The fourth-order valence-electron chi connectivity index (χ4n) is 4.37. The zero-order valence-electron chi connectivity index (χ0n) is 21.0. The minimum atomic E-state index is -0.711. The van der Waals surface area contributed by atoms with Crippen molar-refractivity contribution < 1.29 is 18.7 Å². The summed E-state index contributed by atoms with van der Waals surface area (Å²) in [7, 11) is 1.58. The van der Waals surface area contributed by atoms with Gasteiger partial charge in [0.1, 0.15) is 5.58 Å². The number of aromatic nitrogens is 1. The molecule has 2 aromatic carbocycles. The fraction of sp³-hybridized carbons (Fsp3) is 0.321. The SMILES string of the molecule is COc1cc([C@@H]2c3c(oc4ccccc4c3=O)C(=O)N2c2nc(C)c(C)s2)ccc1OCCC(C)C. The average molecular weight is 505 g/mol.